The molecule has 0 N–H and O–H groups in total. The van der Waals surface area contributed by atoms with Crippen LogP contribution in [0.15, 0.2) is 42.5 Å². The fraction of sp³-hybridized carbons (Fsp3) is 0.278. The van der Waals surface area contributed by atoms with Gasteiger partial charge in [0.2, 0.25) is 5.91 Å². The molecule has 120 valence electrons. The van der Waals surface area contributed by atoms with Crippen LogP contribution in [-0.2, 0) is 11.2 Å². The van der Waals surface area contributed by atoms with Gasteiger partial charge in [-0.1, -0.05) is 41.4 Å². The summed E-state index contributed by atoms with van der Waals surface area (Å²) in [4.78, 5) is 14.5. The highest BCUT2D eigenvalue weighted by atomic mass is 35.5. The van der Waals surface area contributed by atoms with E-state index in [9.17, 15) is 9.18 Å². The maximum absolute atomic E-state index is 13.1. The molecule has 2 aromatic rings. The third-order valence-corrected chi connectivity index (χ3v) is 4.91. The quantitative estimate of drug-likeness (QED) is 0.758. The number of carbonyl (C=O) groups excluding carboxylic acids is 1. The first-order chi connectivity index (χ1) is 11.0. The highest BCUT2D eigenvalue weighted by Crippen LogP contribution is 2.32. The lowest BCUT2D eigenvalue weighted by molar-refractivity contribution is -0.131. The van der Waals surface area contributed by atoms with Crippen LogP contribution in [0.1, 0.15) is 30.0 Å². The van der Waals surface area contributed by atoms with Crippen molar-refractivity contribution in [2.24, 2.45) is 0 Å². The van der Waals surface area contributed by atoms with Gasteiger partial charge in [0.25, 0.3) is 0 Å². The molecule has 1 unspecified atom stereocenters. The van der Waals surface area contributed by atoms with E-state index in [1.54, 1.807) is 24.3 Å². The molecule has 1 amide bonds. The number of likely N-dealkylation sites (tertiary alicyclic amines) is 1. The van der Waals surface area contributed by atoms with Crippen molar-refractivity contribution in [1.82, 2.24) is 4.90 Å². The monoisotopic (exact) mass is 351 g/mol. The second-order valence-corrected chi connectivity index (χ2v) is 6.54. The zero-order valence-electron chi connectivity index (χ0n) is 12.4. The number of benzene rings is 2. The van der Waals surface area contributed by atoms with Gasteiger partial charge < -0.3 is 4.90 Å². The largest absolute Gasteiger partial charge is 0.335 e. The Balaban J connectivity index is 1.75. The van der Waals surface area contributed by atoms with Crippen molar-refractivity contribution >= 4 is 29.1 Å². The van der Waals surface area contributed by atoms with E-state index in [1.165, 1.54) is 12.1 Å². The highest BCUT2D eigenvalue weighted by Gasteiger charge is 2.29. The van der Waals surface area contributed by atoms with E-state index in [1.807, 2.05) is 11.0 Å². The van der Waals surface area contributed by atoms with Gasteiger partial charge in [0.15, 0.2) is 0 Å². The van der Waals surface area contributed by atoms with Gasteiger partial charge in [0, 0.05) is 6.54 Å². The first kappa shape index (κ1) is 16.3. The predicted octanol–water partition coefficient (Wildman–Crippen LogP) is 5.04. The number of halogens is 3. The summed E-state index contributed by atoms with van der Waals surface area (Å²) < 4.78 is 13.1. The molecule has 1 aliphatic heterocycles. The molecule has 1 fully saturated rings. The van der Waals surface area contributed by atoms with Crippen LogP contribution in [-0.4, -0.2) is 17.4 Å². The van der Waals surface area contributed by atoms with E-state index in [4.69, 9.17) is 23.2 Å². The van der Waals surface area contributed by atoms with Gasteiger partial charge in [-0.2, -0.15) is 0 Å². The summed E-state index contributed by atoms with van der Waals surface area (Å²) in [5.41, 5.74) is 1.82. The van der Waals surface area contributed by atoms with Crippen molar-refractivity contribution in [1.29, 1.82) is 0 Å². The minimum Gasteiger partial charge on any atom is -0.335 e. The molecule has 0 spiro atoms. The summed E-state index contributed by atoms with van der Waals surface area (Å²) in [6.45, 7) is 0.724. The Morgan fingerprint density at radius 1 is 1.13 bits per heavy atom. The number of hydrogen-bond donors (Lipinski definition) is 0. The fourth-order valence-electron chi connectivity index (χ4n) is 3.02. The zero-order valence-corrected chi connectivity index (χ0v) is 13.9. The fourth-order valence-corrected chi connectivity index (χ4v) is 3.34. The average molecular weight is 352 g/mol. The molecule has 1 aliphatic rings. The van der Waals surface area contributed by atoms with E-state index < -0.39 is 0 Å². The minimum atomic E-state index is -0.263. The number of hydrogen-bond acceptors (Lipinski definition) is 1. The zero-order chi connectivity index (χ0) is 16.4. The summed E-state index contributed by atoms with van der Waals surface area (Å²) in [7, 11) is 0. The smallest absolute Gasteiger partial charge is 0.227 e. The maximum Gasteiger partial charge on any atom is 0.227 e. The minimum absolute atomic E-state index is 0.0193. The molecular weight excluding hydrogens is 336 g/mol. The Bertz CT molecular complexity index is 717. The summed E-state index contributed by atoms with van der Waals surface area (Å²) in [6.07, 6.45) is 2.14. The molecule has 5 heteroatoms. The molecule has 0 aromatic heterocycles. The molecule has 3 rings (SSSR count). The molecule has 0 aliphatic carbocycles. The molecule has 1 saturated heterocycles. The maximum atomic E-state index is 13.1. The SMILES string of the molecule is O=C(Cc1ccc(Cl)c(Cl)c1)N1CCCC1c1ccc(F)cc1. The van der Waals surface area contributed by atoms with E-state index in [2.05, 4.69) is 0 Å². The highest BCUT2D eigenvalue weighted by molar-refractivity contribution is 6.42. The molecule has 0 bridgehead atoms. The van der Waals surface area contributed by atoms with E-state index in [0.29, 0.717) is 10.0 Å². The summed E-state index contributed by atoms with van der Waals surface area (Å²) in [6, 6.07) is 11.7. The molecule has 2 aromatic carbocycles. The lowest BCUT2D eigenvalue weighted by Gasteiger charge is -2.25. The normalized spacial score (nSPS) is 17.5. The van der Waals surface area contributed by atoms with Crippen LogP contribution in [0, 0.1) is 5.82 Å². The van der Waals surface area contributed by atoms with Crippen LogP contribution in [0.4, 0.5) is 4.39 Å². The van der Waals surface area contributed by atoms with Crippen LogP contribution in [0.2, 0.25) is 10.0 Å². The first-order valence-corrected chi connectivity index (χ1v) is 8.29. The van der Waals surface area contributed by atoms with Crippen molar-refractivity contribution in [2.75, 3.05) is 6.54 Å². The second-order valence-electron chi connectivity index (χ2n) is 5.72. The van der Waals surface area contributed by atoms with Gasteiger partial charge >= 0.3 is 0 Å². The summed E-state index contributed by atoms with van der Waals surface area (Å²) in [5, 5.41) is 0.932. The third-order valence-electron chi connectivity index (χ3n) is 4.17. The molecule has 2 nitrogen and oxygen atoms in total. The van der Waals surface area contributed by atoms with Gasteiger partial charge in [0.05, 0.1) is 22.5 Å². The van der Waals surface area contributed by atoms with Gasteiger partial charge in [-0.25, -0.2) is 4.39 Å². The van der Waals surface area contributed by atoms with Crippen LogP contribution in [0.3, 0.4) is 0 Å². The van der Waals surface area contributed by atoms with Crippen molar-refractivity contribution < 1.29 is 9.18 Å². The van der Waals surface area contributed by atoms with E-state index in [0.717, 1.165) is 30.5 Å². The predicted molar refractivity (Wildman–Crippen MR) is 90.3 cm³/mol. The van der Waals surface area contributed by atoms with Gasteiger partial charge in [-0.3, -0.25) is 4.79 Å². The lowest BCUT2D eigenvalue weighted by Crippen LogP contribution is -2.31. The second kappa shape index (κ2) is 6.90. The summed E-state index contributed by atoms with van der Waals surface area (Å²) in [5.74, 6) is -0.212. The standard InChI is InChI=1S/C18H16Cl2FNO/c19-15-8-3-12(10-16(15)20)11-18(23)22-9-1-2-17(22)13-4-6-14(21)7-5-13/h3-8,10,17H,1-2,9,11H2. The molecule has 0 saturated carbocycles. The Morgan fingerprint density at radius 3 is 2.57 bits per heavy atom. The van der Waals surface area contributed by atoms with Crippen LogP contribution in [0.5, 0.6) is 0 Å². The molecule has 1 heterocycles. The number of nitrogens with zero attached hydrogens (tertiary/aromatic N) is 1. The average Bonchev–Trinajstić information content (AvgIpc) is 3.01. The Morgan fingerprint density at radius 2 is 1.87 bits per heavy atom. The van der Waals surface area contributed by atoms with Crippen molar-refractivity contribution in [3.8, 4) is 0 Å². The van der Waals surface area contributed by atoms with E-state index >= 15 is 0 Å². The lowest BCUT2D eigenvalue weighted by atomic mass is 10.0. The van der Waals surface area contributed by atoms with Gasteiger partial charge in [-0.05, 0) is 48.2 Å². The van der Waals surface area contributed by atoms with Crippen LogP contribution < -0.4 is 0 Å². The molecular formula is C18H16Cl2FNO. The third kappa shape index (κ3) is 3.67. The van der Waals surface area contributed by atoms with Gasteiger partial charge in [-0.15, -0.1) is 0 Å². The topological polar surface area (TPSA) is 20.3 Å². The number of amides is 1. The van der Waals surface area contributed by atoms with Gasteiger partial charge in [0.1, 0.15) is 5.82 Å². The summed E-state index contributed by atoms with van der Waals surface area (Å²) >= 11 is 11.9. The number of carbonyl (C=O) groups is 1. The van der Waals surface area contributed by atoms with Crippen LogP contribution in [0.25, 0.3) is 0 Å². The van der Waals surface area contributed by atoms with Crippen molar-refractivity contribution in [3.05, 3.63) is 69.5 Å². The molecule has 0 radical (unpaired) electrons. The Labute approximate surface area is 144 Å². The number of rotatable bonds is 3. The van der Waals surface area contributed by atoms with E-state index in [-0.39, 0.29) is 24.2 Å². The van der Waals surface area contributed by atoms with Crippen molar-refractivity contribution in [2.45, 2.75) is 25.3 Å². The molecule has 23 heavy (non-hydrogen) atoms. The Kier molecular flexibility index (Phi) is 4.88. The first-order valence-electron chi connectivity index (χ1n) is 7.53. The van der Waals surface area contributed by atoms with Crippen molar-refractivity contribution in [3.63, 3.8) is 0 Å². The van der Waals surface area contributed by atoms with Crippen LogP contribution >= 0.6 is 23.2 Å². The Hall–Kier alpha value is -1.58. The molecule has 1 atom stereocenters.